The average molecular weight is 291 g/mol. The van der Waals surface area contributed by atoms with E-state index >= 15 is 0 Å². The molecule has 0 radical (unpaired) electrons. The summed E-state index contributed by atoms with van der Waals surface area (Å²) in [5, 5.41) is 10.2. The largest absolute Gasteiger partial charge is 0.497 e. The number of carbonyl (C=O) groups is 1. The third-order valence-electron chi connectivity index (χ3n) is 2.80. The molecule has 4 nitrogen and oxygen atoms in total. The number of carboxylic acid groups (broad SMARTS) is 1. The summed E-state index contributed by atoms with van der Waals surface area (Å²) in [5.41, 5.74) is 0.745. The number of benzene rings is 1. The molecule has 0 fully saturated rings. The van der Waals surface area contributed by atoms with Crippen molar-refractivity contribution >= 4 is 17.3 Å². The van der Waals surface area contributed by atoms with Crippen molar-refractivity contribution in [3.8, 4) is 16.2 Å². The van der Waals surface area contributed by atoms with E-state index < -0.39 is 5.97 Å². The Kier molecular flexibility index (Phi) is 3.81. The Morgan fingerprint density at radius 3 is 2.60 bits per heavy atom. The molecule has 0 unspecified atom stereocenters. The van der Waals surface area contributed by atoms with Gasteiger partial charge in [0.15, 0.2) is 5.69 Å². The van der Waals surface area contributed by atoms with Crippen LogP contribution in [0, 0.1) is 0 Å². The second-order valence-corrected chi connectivity index (χ2v) is 6.48. The molecule has 106 valence electrons. The van der Waals surface area contributed by atoms with Crippen LogP contribution in [0.1, 0.15) is 36.3 Å². The van der Waals surface area contributed by atoms with Gasteiger partial charge in [0.05, 0.1) is 17.0 Å². The van der Waals surface area contributed by atoms with Crippen molar-refractivity contribution in [2.45, 2.75) is 26.2 Å². The van der Waals surface area contributed by atoms with Crippen molar-refractivity contribution in [1.29, 1.82) is 0 Å². The van der Waals surface area contributed by atoms with Gasteiger partial charge in [-0.25, -0.2) is 9.78 Å². The summed E-state index contributed by atoms with van der Waals surface area (Å²) in [4.78, 5) is 16.4. The number of nitrogens with zero attached hydrogens (tertiary/aromatic N) is 1. The minimum atomic E-state index is -1.01. The van der Waals surface area contributed by atoms with Gasteiger partial charge in [0.25, 0.3) is 0 Å². The van der Waals surface area contributed by atoms with Gasteiger partial charge in [-0.2, -0.15) is 0 Å². The smallest absolute Gasteiger partial charge is 0.356 e. The lowest BCUT2D eigenvalue weighted by atomic mass is 9.98. The van der Waals surface area contributed by atoms with Crippen LogP contribution in [0.5, 0.6) is 5.75 Å². The van der Waals surface area contributed by atoms with E-state index in [2.05, 4.69) is 4.98 Å². The van der Waals surface area contributed by atoms with E-state index in [1.54, 1.807) is 7.11 Å². The van der Waals surface area contributed by atoms with Crippen LogP contribution < -0.4 is 4.74 Å². The van der Waals surface area contributed by atoms with Crippen molar-refractivity contribution in [3.05, 3.63) is 35.0 Å². The highest BCUT2D eigenvalue weighted by Gasteiger charge is 2.25. The number of carboxylic acids is 1. The summed E-state index contributed by atoms with van der Waals surface area (Å²) in [6.07, 6.45) is 0. The van der Waals surface area contributed by atoms with E-state index in [0.717, 1.165) is 10.6 Å². The van der Waals surface area contributed by atoms with Crippen LogP contribution in [0.4, 0.5) is 0 Å². The third-order valence-corrected chi connectivity index (χ3v) is 4.33. The molecular formula is C15H17NO3S. The van der Waals surface area contributed by atoms with Crippen molar-refractivity contribution < 1.29 is 14.6 Å². The zero-order chi connectivity index (χ0) is 14.9. The Balaban J connectivity index is 2.60. The molecule has 0 amide bonds. The van der Waals surface area contributed by atoms with E-state index in [4.69, 9.17) is 4.74 Å². The monoisotopic (exact) mass is 291 g/mol. The SMILES string of the molecule is COc1cccc(-c2sc(C(C)(C)C)nc2C(=O)O)c1. The maximum absolute atomic E-state index is 11.4. The molecule has 0 saturated heterocycles. The Labute approximate surface area is 122 Å². The first-order valence-electron chi connectivity index (χ1n) is 6.22. The molecule has 0 aliphatic rings. The summed E-state index contributed by atoms with van der Waals surface area (Å²) < 4.78 is 5.19. The lowest BCUT2D eigenvalue weighted by Crippen LogP contribution is -2.11. The number of methoxy groups -OCH3 is 1. The number of ether oxygens (including phenoxy) is 1. The highest BCUT2D eigenvalue weighted by molar-refractivity contribution is 7.15. The van der Waals surface area contributed by atoms with Crippen molar-refractivity contribution in [1.82, 2.24) is 4.98 Å². The first-order valence-corrected chi connectivity index (χ1v) is 7.03. The molecule has 1 aromatic carbocycles. The Morgan fingerprint density at radius 2 is 2.05 bits per heavy atom. The Bertz CT molecular complexity index is 641. The van der Waals surface area contributed by atoms with E-state index in [-0.39, 0.29) is 11.1 Å². The topological polar surface area (TPSA) is 59.4 Å². The number of aromatic carboxylic acids is 1. The second kappa shape index (κ2) is 5.25. The number of thiazole rings is 1. The van der Waals surface area contributed by atoms with E-state index in [1.807, 2.05) is 45.0 Å². The number of aromatic nitrogens is 1. The van der Waals surface area contributed by atoms with Gasteiger partial charge in [-0.1, -0.05) is 32.9 Å². The minimum absolute atomic E-state index is 0.105. The van der Waals surface area contributed by atoms with Gasteiger partial charge in [0.1, 0.15) is 5.75 Å². The van der Waals surface area contributed by atoms with Gasteiger partial charge >= 0.3 is 5.97 Å². The molecule has 20 heavy (non-hydrogen) atoms. The minimum Gasteiger partial charge on any atom is -0.497 e. The molecular weight excluding hydrogens is 274 g/mol. The molecule has 0 saturated carbocycles. The van der Waals surface area contributed by atoms with Crippen LogP contribution in [-0.4, -0.2) is 23.2 Å². The van der Waals surface area contributed by atoms with Crippen molar-refractivity contribution in [2.24, 2.45) is 0 Å². The van der Waals surface area contributed by atoms with Crippen LogP contribution in [0.2, 0.25) is 0 Å². The van der Waals surface area contributed by atoms with Crippen LogP contribution in [0.25, 0.3) is 10.4 Å². The standard InChI is InChI=1S/C15H17NO3S/c1-15(2,3)14-16-11(13(17)18)12(20-14)9-6-5-7-10(8-9)19-4/h5-8H,1-4H3,(H,17,18). The molecule has 0 atom stereocenters. The van der Waals surface area contributed by atoms with Crippen LogP contribution in [0.15, 0.2) is 24.3 Å². The summed E-state index contributed by atoms with van der Waals surface area (Å²) in [6.45, 7) is 6.06. The van der Waals surface area contributed by atoms with E-state index in [0.29, 0.717) is 10.6 Å². The highest BCUT2D eigenvalue weighted by atomic mass is 32.1. The fourth-order valence-corrected chi connectivity index (χ4v) is 2.86. The first kappa shape index (κ1) is 14.5. The van der Waals surface area contributed by atoms with Crippen LogP contribution in [0.3, 0.4) is 0 Å². The summed E-state index contributed by atoms with van der Waals surface area (Å²) in [6, 6.07) is 7.37. The van der Waals surface area contributed by atoms with Gasteiger partial charge in [-0.3, -0.25) is 0 Å². The molecule has 2 aromatic rings. The first-order chi connectivity index (χ1) is 9.32. The molecule has 0 bridgehead atoms. The second-order valence-electron chi connectivity index (χ2n) is 5.48. The molecule has 2 rings (SSSR count). The zero-order valence-corrected chi connectivity index (χ0v) is 12.7. The van der Waals surface area contributed by atoms with Gasteiger partial charge in [0.2, 0.25) is 0 Å². The highest BCUT2D eigenvalue weighted by Crippen LogP contribution is 2.36. The van der Waals surface area contributed by atoms with Gasteiger partial charge < -0.3 is 9.84 Å². The number of hydrogen-bond donors (Lipinski definition) is 1. The molecule has 1 aromatic heterocycles. The van der Waals surface area contributed by atoms with Gasteiger partial charge in [-0.05, 0) is 17.7 Å². The summed E-state index contributed by atoms with van der Waals surface area (Å²) in [5.74, 6) is -0.306. The van der Waals surface area contributed by atoms with Gasteiger partial charge in [-0.15, -0.1) is 11.3 Å². The van der Waals surface area contributed by atoms with Gasteiger partial charge in [0, 0.05) is 5.41 Å². The fourth-order valence-electron chi connectivity index (χ4n) is 1.75. The average Bonchev–Trinajstić information content (AvgIpc) is 2.84. The Morgan fingerprint density at radius 1 is 1.35 bits per heavy atom. The van der Waals surface area contributed by atoms with E-state index in [1.165, 1.54) is 11.3 Å². The summed E-state index contributed by atoms with van der Waals surface area (Å²) in [7, 11) is 1.59. The lowest BCUT2D eigenvalue weighted by Gasteiger charge is -2.13. The van der Waals surface area contributed by atoms with Crippen LogP contribution >= 0.6 is 11.3 Å². The van der Waals surface area contributed by atoms with Crippen molar-refractivity contribution in [2.75, 3.05) is 7.11 Å². The fraction of sp³-hybridized carbons (Fsp3) is 0.333. The van der Waals surface area contributed by atoms with E-state index in [9.17, 15) is 9.90 Å². The quantitative estimate of drug-likeness (QED) is 0.934. The molecule has 1 heterocycles. The Hall–Kier alpha value is -1.88. The maximum Gasteiger partial charge on any atom is 0.356 e. The predicted octanol–water partition coefficient (Wildman–Crippen LogP) is 3.81. The third kappa shape index (κ3) is 2.82. The molecule has 1 N–H and O–H groups in total. The zero-order valence-electron chi connectivity index (χ0n) is 11.9. The molecule has 0 spiro atoms. The number of hydrogen-bond acceptors (Lipinski definition) is 4. The normalized spacial score (nSPS) is 11.4. The van der Waals surface area contributed by atoms with Crippen LogP contribution in [-0.2, 0) is 5.41 Å². The van der Waals surface area contributed by atoms with Crippen molar-refractivity contribution in [3.63, 3.8) is 0 Å². The molecule has 5 heteroatoms. The number of rotatable bonds is 3. The molecule has 0 aliphatic carbocycles. The lowest BCUT2D eigenvalue weighted by molar-refractivity contribution is 0.0692. The maximum atomic E-state index is 11.4. The summed E-state index contributed by atoms with van der Waals surface area (Å²) >= 11 is 1.42. The predicted molar refractivity (Wildman–Crippen MR) is 79.8 cm³/mol. The molecule has 0 aliphatic heterocycles.